The number of carbonyl (C=O) groups excluding carboxylic acids is 2. The van der Waals surface area contributed by atoms with E-state index >= 15 is 0 Å². The quantitative estimate of drug-likeness (QED) is 0.292. The predicted molar refractivity (Wildman–Crippen MR) is 36.6 cm³/mol. The Morgan fingerprint density at radius 3 is 1.56 bits per heavy atom. The van der Waals surface area contributed by atoms with Crippen LogP contribution in [0.15, 0.2) is 0 Å². The summed E-state index contributed by atoms with van der Waals surface area (Å²) in [5.74, 6) is -1.22. The van der Waals surface area contributed by atoms with Crippen molar-refractivity contribution in [1.82, 2.24) is 0 Å². The number of carbonyl (C=O) groups is 2. The fraction of sp³-hybridized carbons (Fsp3) is 0.500. The summed E-state index contributed by atoms with van der Waals surface area (Å²) in [5, 5.41) is -1.39. The first-order chi connectivity index (χ1) is 4.13. The predicted octanol–water partition coefficient (Wildman–Crippen LogP) is -0.333. The Balaban J connectivity index is 2.77. The molecule has 5 heteroatoms. The number of esters is 2. The van der Waals surface area contributed by atoms with E-state index < -0.39 is 22.4 Å². The molecule has 2 atom stereocenters. The van der Waals surface area contributed by atoms with Crippen molar-refractivity contribution in [1.29, 1.82) is 0 Å². The number of hydrogen-bond donors (Lipinski definition) is 2. The summed E-state index contributed by atoms with van der Waals surface area (Å²) in [5.41, 5.74) is 0. The Morgan fingerprint density at radius 1 is 1.11 bits per heavy atom. The second-order valence-electron chi connectivity index (χ2n) is 1.63. The van der Waals surface area contributed by atoms with Gasteiger partial charge in [-0.3, -0.25) is 9.59 Å². The van der Waals surface area contributed by atoms with E-state index in [0.29, 0.717) is 0 Å². The molecule has 50 valence electrons. The maximum absolute atomic E-state index is 10.4. The third-order valence-corrected chi connectivity index (χ3v) is 2.24. The Labute approximate surface area is 62.6 Å². The summed E-state index contributed by atoms with van der Waals surface area (Å²) in [6, 6.07) is 0. The van der Waals surface area contributed by atoms with Crippen molar-refractivity contribution < 1.29 is 14.3 Å². The number of hydrogen-bond acceptors (Lipinski definition) is 5. The lowest BCUT2D eigenvalue weighted by atomic mass is 10.3. The minimum Gasteiger partial charge on any atom is -0.391 e. The van der Waals surface area contributed by atoms with Crippen molar-refractivity contribution in [3.05, 3.63) is 0 Å². The van der Waals surface area contributed by atoms with Gasteiger partial charge in [0, 0.05) is 0 Å². The van der Waals surface area contributed by atoms with Crippen LogP contribution in [0.25, 0.3) is 0 Å². The van der Waals surface area contributed by atoms with Crippen LogP contribution >= 0.6 is 25.3 Å². The molecule has 0 N–H and O–H groups in total. The second kappa shape index (κ2) is 2.22. The molecule has 0 aliphatic carbocycles. The Hall–Kier alpha value is -0.160. The van der Waals surface area contributed by atoms with Crippen molar-refractivity contribution in [2.75, 3.05) is 0 Å². The first-order valence-corrected chi connectivity index (χ1v) is 3.28. The zero-order valence-corrected chi connectivity index (χ0v) is 6.06. The van der Waals surface area contributed by atoms with E-state index in [9.17, 15) is 9.59 Å². The number of cyclic esters (lactones) is 2. The first kappa shape index (κ1) is 6.95. The normalized spacial score (nSPS) is 34.9. The maximum atomic E-state index is 10.4. The monoisotopic (exact) mass is 164 g/mol. The van der Waals surface area contributed by atoms with Gasteiger partial charge in [0.1, 0.15) is 10.5 Å². The third-order valence-electron chi connectivity index (χ3n) is 0.983. The van der Waals surface area contributed by atoms with Crippen LogP contribution in [0.1, 0.15) is 0 Å². The van der Waals surface area contributed by atoms with Gasteiger partial charge in [-0.25, -0.2) is 0 Å². The van der Waals surface area contributed by atoms with Crippen molar-refractivity contribution in [3.63, 3.8) is 0 Å². The van der Waals surface area contributed by atoms with Crippen LogP contribution in [0.2, 0.25) is 0 Å². The zero-order chi connectivity index (χ0) is 7.02. The molecule has 1 aliphatic rings. The van der Waals surface area contributed by atoms with Crippen LogP contribution in [0.5, 0.6) is 0 Å². The van der Waals surface area contributed by atoms with E-state index in [4.69, 9.17) is 0 Å². The molecule has 0 unspecified atom stereocenters. The van der Waals surface area contributed by atoms with Crippen LogP contribution in [0.3, 0.4) is 0 Å². The summed E-state index contributed by atoms with van der Waals surface area (Å²) in [6.45, 7) is 0. The molecule has 0 aromatic carbocycles. The highest BCUT2D eigenvalue weighted by molar-refractivity contribution is 7.86. The average molecular weight is 164 g/mol. The molecule has 0 aromatic heterocycles. The van der Waals surface area contributed by atoms with E-state index in [-0.39, 0.29) is 0 Å². The van der Waals surface area contributed by atoms with Crippen LogP contribution in [0, 0.1) is 0 Å². The minimum absolute atomic E-state index is 0.608. The summed E-state index contributed by atoms with van der Waals surface area (Å²) in [4.78, 5) is 20.9. The molecule has 0 spiro atoms. The molecule has 3 nitrogen and oxygen atoms in total. The Bertz CT molecular complexity index is 149. The van der Waals surface area contributed by atoms with Gasteiger partial charge in [0.2, 0.25) is 0 Å². The summed E-state index contributed by atoms with van der Waals surface area (Å²) < 4.78 is 4.16. The van der Waals surface area contributed by atoms with Gasteiger partial charge in [-0.15, -0.1) is 0 Å². The van der Waals surface area contributed by atoms with Gasteiger partial charge < -0.3 is 4.74 Å². The summed E-state index contributed by atoms with van der Waals surface area (Å²) in [6.07, 6.45) is 0. The average Bonchev–Trinajstić information content (AvgIpc) is 1.98. The van der Waals surface area contributed by atoms with Crippen LogP contribution in [0.4, 0.5) is 0 Å². The molecule has 1 fully saturated rings. The highest BCUT2D eigenvalue weighted by Gasteiger charge is 2.39. The van der Waals surface area contributed by atoms with Crippen molar-refractivity contribution in [2.24, 2.45) is 0 Å². The van der Waals surface area contributed by atoms with Crippen LogP contribution < -0.4 is 0 Å². The molecule has 0 radical (unpaired) electrons. The SMILES string of the molecule is O=C1OC(=O)[C@H](S)[C@@H]1S. The number of thiol groups is 2. The highest BCUT2D eigenvalue weighted by atomic mass is 32.1. The van der Waals surface area contributed by atoms with Gasteiger partial charge in [-0.1, -0.05) is 0 Å². The lowest BCUT2D eigenvalue weighted by molar-refractivity contribution is -0.151. The van der Waals surface area contributed by atoms with Crippen LogP contribution in [-0.2, 0) is 14.3 Å². The summed E-state index contributed by atoms with van der Waals surface area (Å²) in [7, 11) is 0. The van der Waals surface area contributed by atoms with E-state index in [1.807, 2.05) is 0 Å². The third kappa shape index (κ3) is 1.07. The topological polar surface area (TPSA) is 43.4 Å². The fourth-order valence-corrected chi connectivity index (χ4v) is 0.827. The molecule has 1 rings (SSSR count). The van der Waals surface area contributed by atoms with Gasteiger partial charge in [-0.05, 0) is 0 Å². The molecule has 0 amide bonds. The van der Waals surface area contributed by atoms with E-state index in [0.717, 1.165) is 0 Å². The van der Waals surface area contributed by atoms with E-state index in [1.54, 1.807) is 0 Å². The molecule has 0 saturated carbocycles. The van der Waals surface area contributed by atoms with Gasteiger partial charge in [0.15, 0.2) is 0 Å². The highest BCUT2D eigenvalue weighted by Crippen LogP contribution is 2.19. The van der Waals surface area contributed by atoms with Gasteiger partial charge in [0.25, 0.3) is 0 Å². The van der Waals surface area contributed by atoms with E-state index in [1.165, 1.54) is 0 Å². The maximum Gasteiger partial charge on any atom is 0.328 e. The second-order valence-corrected chi connectivity index (χ2v) is 2.74. The Kier molecular flexibility index (Phi) is 1.72. The first-order valence-electron chi connectivity index (χ1n) is 2.24. The Morgan fingerprint density at radius 2 is 1.44 bits per heavy atom. The van der Waals surface area contributed by atoms with Crippen molar-refractivity contribution in [2.45, 2.75) is 10.5 Å². The molecular formula is C4H4O3S2. The molecule has 1 saturated heterocycles. The largest absolute Gasteiger partial charge is 0.391 e. The minimum atomic E-state index is -0.694. The molecule has 0 aromatic rings. The number of ether oxygens (including phenoxy) is 1. The molecule has 1 aliphatic heterocycles. The van der Waals surface area contributed by atoms with Gasteiger partial charge in [-0.2, -0.15) is 25.3 Å². The lowest BCUT2D eigenvalue weighted by Gasteiger charge is -1.94. The van der Waals surface area contributed by atoms with E-state index in [2.05, 4.69) is 30.0 Å². The molecule has 9 heavy (non-hydrogen) atoms. The molecular weight excluding hydrogens is 160 g/mol. The zero-order valence-electron chi connectivity index (χ0n) is 4.27. The van der Waals surface area contributed by atoms with Gasteiger partial charge >= 0.3 is 11.9 Å². The van der Waals surface area contributed by atoms with Crippen molar-refractivity contribution >= 4 is 37.2 Å². The van der Waals surface area contributed by atoms with Crippen molar-refractivity contribution in [3.8, 4) is 0 Å². The fourth-order valence-electron chi connectivity index (χ4n) is 0.478. The smallest absolute Gasteiger partial charge is 0.328 e. The molecule has 1 heterocycles. The number of rotatable bonds is 0. The standard InChI is InChI=1S/C4H4O3S2/c5-3-1(8)2(9)4(6)7-3/h1-2,8-9H/t1-,2+. The molecule has 0 bridgehead atoms. The lowest BCUT2D eigenvalue weighted by Crippen LogP contribution is -2.17. The summed E-state index contributed by atoms with van der Waals surface area (Å²) >= 11 is 7.54. The van der Waals surface area contributed by atoms with Gasteiger partial charge in [0.05, 0.1) is 0 Å². The van der Waals surface area contributed by atoms with Crippen LogP contribution in [-0.4, -0.2) is 22.4 Å².